The van der Waals surface area contributed by atoms with E-state index in [2.05, 4.69) is 28.8 Å². The Morgan fingerprint density at radius 3 is 1.21 bits per heavy atom. The number of para-hydroxylation sites is 6. The molecule has 0 radical (unpaired) electrons. The number of carbonyl (C=O) groups is 11. The van der Waals surface area contributed by atoms with Crippen LogP contribution in [-0.2, 0) is 137 Å². The summed E-state index contributed by atoms with van der Waals surface area (Å²) in [6.07, 6.45) is 3.30. The number of hydrogen-bond acceptors (Lipinski definition) is 29. The monoisotopic (exact) mass is 2020 g/mol. The molecule has 6 aliphatic rings. The molecule has 0 aliphatic carbocycles. The van der Waals surface area contributed by atoms with Gasteiger partial charge in [0, 0.05) is 37.0 Å². The fourth-order valence-corrected chi connectivity index (χ4v) is 15.6. The maximum absolute atomic E-state index is 13.2. The SMILES string of the molecule is CN1C(=O)C(Cc2ccccc2S(=O)(=O)[O-])C(=O)c2ccccc21.O=C1C(Cc2[c-]cc(S(=O)(=O)[O-])cc2)C(=O)N2CCCCN12.O=C1CN(c2ccccc2)C(=O)C1Cc1[c-]cccc1.O=C1Nc2ccccc2NC(=O)C1Cc1[c-]cc(S(=O)(=O)[O-])cc1.O=Cc1ccc(CC2C(=O)N(c3ccccc3)N(c3ccccc3)C2=O)cc1.O=S(=O)=O.O=S(=O)=O.O=S(=O)=O.[Na+].[Na+].[Na+].[Na+].[Na+].[Na+]. The van der Waals surface area contributed by atoms with E-state index in [0.717, 1.165) is 54.1 Å². The number of anilines is 6. The van der Waals surface area contributed by atoms with E-state index in [-0.39, 0.29) is 261 Å². The Kier molecular flexibility index (Phi) is 51.3. The van der Waals surface area contributed by atoms with Crippen LogP contribution in [0.25, 0.3) is 0 Å². The number of benzene rings is 10. The van der Waals surface area contributed by atoms with Crippen molar-refractivity contribution >= 4 is 161 Å². The van der Waals surface area contributed by atoms with Crippen molar-refractivity contribution in [2.75, 3.05) is 57.1 Å². The van der Waals surface area contributed by atoms with Gasteiger partial charge in [-0.3, -0.25) is 79.6 Å². The second kappa shape index (κ2) is 57.3. The summed E-state index contributed by atoms with van der Waals surface area (Å²) >= 11 is 0. The Morgan fingerprint density at radius 1 is 0.390 bits per heavy atom. The first-order valence-electron chi connectivity index (χ1n) is 38.3. The number of hydrazine groups is 2. The summed E-state index contributed by atoms with van der Waals surface area (Å²) in [5.74, 6) is -7.05. The van der Waals surface area contributed by atoms with Gasteiger partial charge >= 0.3 is 209 Å². The number of hydrogen-bond donors (Lipinski definition) is 2. The minimum absolute atomic E-state index is 0. The zero-order valence-corrected chi connectivity index (χ0v) is 90.6. The third-order valence-electron chi connectivity index (χ3n) is 20.0. The van der Waals surface area contributed by atoms with E-state index in [9.17, 15) is 91.7 Å². The molecule has 136 heavy (non-hydrogen) atoms. The minimum atomic E-state index is -4.68. The predicted molar refractivity (Wildman–Crippen MR) is 455 cm³/mol. The summed E-state index contributed by atoms with van der Waals surface area (Å²) in [4.78, 5) is 138. The van der Waals surface area contributed by atoms with Crippen LogP contribution >= 0.6 is 0 Å². The number of rotatable bonds is 17. The molecule has 0 spiro atoms. The van der Waals surface area contributed by atoms with Gasteiger partial charge in [0.15, 0.2) is 11.6 Å². The quantitative estimate of drug-likeness (QED) is 0.0281. The van der Waals surface area contributed by atoms with Crippen molar-refractivity contribution in [2.24, 2.45) is 29.6 Å². The number of Topliss-reactive ketones (excluding diaryl/α,β-unsaturated/α-hetero) is 2. The second-order valence-corrected chi connectivity index (χ2v) is 33.7. The van der Waals surface area contributed by atoms with Gasteiger partial charge in [0.2, 0.25) is 23.6 Å². The zero-order valence-electron chi connectivity index (χ0n) is 73.7. The van der Waals surface area contributed by atoms with E-state index in [1.165, 1.54) is 61.3 Å². The molecular weight excluding hydrogens is 1950 g/mol. The molecule has 4 fully saturated rings. The number of ketones is 2. The van der Waals surface area contributed by atoms with Gasteiger partial charge in [-0.05, 0) is 123 Å². The molecule has 10 aromatic rings. The van der Waals surface area contributed by atoms with Gasteiger partial charge < -0.3 is 34.1 Å². The molecule has 2 N–H and O–H groups in total. The van der Waals surface area contributed by atoms with E-state index in [0.29, 0.717) is 70.2 Å². The Hall–Kier alpha value is -8.44. The fraction of sp³-hybridized carbons (Fsp3) is 0.184. The number of carbonyl (C=O) groups excluding carboxylic acids is 11. The van der Waals surface area contributed by atoms with Gasteiger partial charge in [0.25, 0.3) is 23.6 Å². The van der Waals surface area contributed by atoms with Crippen LogP contribution in [0.3, 0.4) is 0 Å². The number of aldehydes is 1. The largest absolute Gasteiger partial charge is 1.00 e. The molecule has 49 heteroatoms. The van der Waals surface area contributed by atoms with Crippen molar-refractivity contribution in [3.8, 4) is 0 Å². The van der Waals surface area contributed by atoms with Gasteiger partial charge in [-0.1, -0.05) is 131 Å². The average Bonchev–Trinajstić information content (AvgIpc) is 1.41. The molecule has 0 bridgehead atoms. The summed E-state index contributed by atoms with van der Waals surface area (Å²) in [6.45, 7) is 1.27. The number of nitrogens with zero attached hydrogens (tertiary/aromatic N) is 6. The first kappa shape index (κ1) is 122. The van der Waals surface area contributed by atoms with Crippen LogP contribution in [0.1, 0.15) is 61.4 Å². The Balaban J connectivity index is 0.000000421. The van der Waals surface area contributed by atoms with Gasteiger partial charge in [0.1, 0.15) is 46.0 Å². The van der Waals surface area contributed by atoms with Crippen LogP contribution in [0.15, 0.2) is 263 Å². The fourth-order valence-electron chi connectivity index (χ4n) is 14.0. The van der Waals surface area contributed by atoms with E-state index in [1.54, 1.807) is 96.9 Å². The third kappa shape index (κ3) is 34.5. The van der Waals surface area contributed by atoms with Crippen LogP contribution in [0.5, 0.6) is 0 Å². The van der Waals surface area contributed by atoms with E-state index in [1.807, 2.05) is 109 Å². The second-order valence-electron chi connectivity index (χ2n) is 28.3. The van der Waals surface area contributed by atoms with Crippen molar-refractivity contribution < 1.29 is 307 Å². The van der Waals surface area contributed by atoms with Gasteiger partial charge in [-0.2, -0.15) is 95.6 Å². The molecule has 8 amide bonds. The van der Waals surface area contributed by atoms with Crippen molar-refractivity contribution in [1.82, 2.24) is 10.0 Å². The molecule has 0 saturated carbocycles. The molecule has 10 aromatic carbocycles. The maximum Gasteiger partial charge on any atom is 1.00 e. The molecule has 4 saturated heterocycles. The van der Waals surface area contributed by atoms with Crippen molar-refractivity contribution in [3.05, 3.63) is 306 Å². The normalized spacial score (nSPS) is 15.3. The molecule has 0 aromatic heterocycles. The molecule has 2 unspecified atom stereocenters. The van der Waals surface area contributed by atoms with Crippen LogP contribution in [-0.4, -0.2) is 179 Å². The Bertz CT molecular complexity index is 6480. The van der Waals surface area contributed by atoms with Crippen LogP contribution in [0.2, 0.25) is 0 Å². The minimum Gasteiger partial charge on any atom is -0.754 e. The van der Waals surface area contributed by atoms with Crippen molar-refractivity contribution in [2.45, 2.75) is 59.6 Å². The summed E-state index contributed by atoms with van der Waals surface area (Å²) in [5, 5.41) is 11.2. The van der Waals surface area contributed by atoms with Crippen molar-refractivity contribution in [3.63, 3.8) is 0 Å². The van der Waals surface area contributed by atoms with E-state index >= 15 is 0 Å². The van der Waals surface area contributed by atoms with Crippen LogP contribution in [0, 0.1) is 47.8 Å². The van der Waals surface area contributed by atoms with Gasteiger partial charge in [-0.25, -0.2) is 18.4 Å². The average molecular weight is 2020 g/mol. The van der Waals surface area contributed by atoms with Crippen molar-refractivity contribution in [1.29, 1.82) is 0 Å². The van der Waals surface area contributed by atoms with Crippen LogP contribution < -0.4 is 208 Å². The first-order valence-corrected chi connectivity index (χ1v) is 45.6. The molecule has 6 heterocycles. The summed E-state index contributed by atoms with van der Waals surface area (Å²) < 4.78 is 175. The molecule has 2 atom stereocenters. The molecule has 16 rings (SSSR count). The smallest absolute Gasteiger partial charge is 0.754 e. The molecule has 37 nitrogen and oxygen atoms in total. The first-order chi connectivity index (χ1) is 61.7. The Labute approximate surface area is 918 Å². The zero-order chi connectivity index (χ0) is 94.9. The standard InChI is InChI=1S/C23H18N2O3.C17H15NO5S.C17H14NO2.C16H13N2O5S.C14H15N2O5S.6Na.3O3S/c26-16-18-13-11-17(12-14-18)15-21-22(27)24(19-7-3-1-4-8-19)25(23(21)28)20-9-5-2-6-10-20;1-18-14-8-4-3-7-12(14)16(19)13(17(18)20)10-11-6-2-5-9-15(11)24(21,22)23;19-16-12-18(14-9-5-2-6-10-14)17(20)15(16)11-13-7-3-1-4-8-13;19-15-12(9-10-5-7-11(8-6-10)24(21,22)23)16(20)18-14-4-2-1-3-13(14)17-15;17-13-12(14(18)16-8-2-1-7-15(13)16)9-10-3-5-11(6-4-10)22(19,20)21;;;;;;;3*1-4(2)3/h1-14,16,21H,15H2;2-9,13H,10H2,1H3,(H,21,22,23);1-7,9-10,15H,11-12H2;1-5,7-8,12H,9H2,(H,17,19)(H,18,20)(H,21,22,23);3,5-6,12H,1-2,7-9H2,(H,19,20,21);;;;;;;;;/q;;3*-1;6*+1;;;/p-3. The molecular formula is C87H72N8Na6O29S6. The van der Waals surface area contributed by atoms with Crippen LogP contribution in [0.4, 0.5) is 34.1 Å². The predicted octanol–water partition coefficient (Wildman–Crippen LogP) is -12.4. The summed E-state index contributed by atoms with van der Waals surface area (Å²) in [6, 6.07) is 76.8. The molecule has 6 aliphatic heterocycles. The number of nitrogens with one attached hydrogen (secondary N) is 2. The topological polar surface area (TPSA) is 556 Å². The molecule has 676 valence electrons. The van der Waals surface area contributed by atoms with Gasteiger partial charge in [0.05, 0.1) is 60.1 Å². The van der Waals surface area contributed by atoms with Gasteiger partial charge in [-0.15, -0.1) is 37.9 Å². The van der Waals surface area contributed by atoms with E-state index in [4.69, 9.17) is 37.9 Å². The third-order valence-corrected chi connectivity index (χ3v) is 22.6. The maximum atomic E-state index is 13.2. The Morgan fingerprint density at radius 2 is 0.787 bits per heavy atom. The number of amides is 8. The number of fused-ring (bicyclic) bond motifs is 3. The summed E-state index contributed by atoms with van der Waals surface area (Å²) in [5.41, 5.74) is 7.46. The van der Waals surface area contributed by atoms with E-state index < -0.39 is 119 Å². The summed E-state index contributed by atoms with van der Waals surface area (Å²) in [7, 11) is -21.5.